The predicted octanol–water partition coefficient (Wildman–Crippen LogP) is 2.29. The standard InChI is InChI=1S/C13H17ClN2O2/c1-15-8-13(5-6-13)12(17)16-10-7-9(14)3-4-11(10)18-2/h3-4,7,15H,5-6,8H2,1-2H3,(H,16,17). The first-order valence-corrected chi connectivity index (χ1v) is 6.29. The van der Waals surface area contributed by atoms with Gasteiger partial charge in [-0.3, -0.25) is 4.79 Å². The SMILES string of the molecule is CNCC1(C(=O)Nc2cc(Cl)ccc2OC)CC1. The molecule has 0 aliphatic heterocycles. The van der Waals surface area contributed by atoms with Gasteiger partial charge in [-0.05, 0) is 38.1 Å². The predicted molar refractivity (Wildman–Crippen MR) is 72.2 cm³/mol. The van der Waals surface area contributed by atoms with Gasteiger partial charge in [0.05, 0.1) is 18.2 Å². The highest BCUT2D eigenvalue weighted by molar-refractivity contribution is 6.31. The Morgan fingerprint density at radius 3 is 2.78 bits per heavy atom. The Balaban J connectivity index is 2.14. The normalized spacial score (nSPS) is 16.2. The molecule has 1 fully saturated rings. The second-order valence-electron chi connectivity index (χ2n) is 4.61. The van der Waals surface area contributed by atoms with E-state index in [-0.39, 0.29) is 11.3 Å². The number of ether oxygens (including phenoxy) is 1. The topological polar surface area (TPSA) is 50.4 Å². The maximum Gasteiger partial charge on any atom is 0.231 e. The van der Waals surface area contributed by atoms with Gasteiger partial charge in [-0.25, -0.2) is 0 Å². The minimum absolute atomic E-state index is 0.0254. The zero-order chi connectivity index (χ0) is 13.2. The van der Waals surface area contributed by atoms with Crippen LogP contribution in [0, 0.1) is 5.41 Å². The number of hydrogen-bond donors (Lipinski definition) is 2. The van der Waals surface area contributed by atoms with Gasteiger partial charge >= 0.3 is 0 Å². The van der Waals surface area contributed by atoms with Crippen LogP contribution in [0.4, 0.5) is 5.69 Å². The van der Waals surface area contributed by atoms with Crippen LogP contribution in [0.1, 0.15) is 12.8 Å². The molecule has 1 aromatic rings. The number of anilines is 1. The molecule has 2 N–H and O–H groups in total. The summed E-state index contributed by atoms with van der Waals surface area (Å²) in [6.45, 7) is 0.696. The molecule has 0 saturated heterocycles. The van der Waals surface area contributed by atoms with Crippen LogP contribution in [-0.2, 0) is 4.79 Å². The molecule has 0 heterocycles. The van der Waals surface area contributed by atoms with Crippen molar-refractivity contribution in [1.29, 1.82) is 0 Å². The van der Waals surface area contributed by atoms with Crippen molar-refractivity contribution in [3.63, 3.8) is 0 Å². The van der Waals surface area contributed by atoms with E-state index in [1.807, 2.05) is 7.05 Å². The zero-order valence-electron chi connectivity index (χ0n) is 10.5. The van der Waals surface area contributed by atoms with Crippen LogP contribution in [0.25, 0.3) is 0 Å². The van der Waals surface area contributed by atoms with Crippen LogP contribution in [0.15, 0.2) is 18.2 Å². The Morgan fingerprint density at radius 2 is 2.22 bits per heavy atom. The lowest BCUT2D eigenvalue weighted by molar-refractivity contribution is -0.121. The molecule has 0 spiro atoms. The molecule has 1 aliphatic carbocycles. The summed E-state index contributed by atoms with van der Waals surface area (Å²) in [5, 5.41) is 6.53. The summed E-state index contributed by atoms with van der Waals surface area (Å²) >= 11 is 5.93. The van der Waals surface area contributed by atoms with E-state index < -0.39 is 0 Å². The molecule has 0 unspecified atom stereocenters. The molecule has 98 valence electrons. The zero-order valence-corrected chi connectivity index (χ0v) is 11.3. The molecule has 0 atom stereocenters. The molecule has 1 saturated carbocycles. The molecule has 18 heavy (non-hydrogen) atoms. The quantitative estimate of drug-likeness (QED) is 0.861. The highest BCUT2D eigenvalue weighted by Gasteiger charge is 2.49. The third-order valence-corrected chi connectivity index (χ3v) is 3.50. The molecular weight excluding hydrogens is 252 g/mol. The summed E-state index contributed by atoms with van der Waals surface area (Å²) in [5.74, 6) is 0.644. The van der Waals surface area contributed by atoms with Gasteiger partial charge in [0, 0.05) is 11.6 Å². The Hall–Kier alpha value is -1.26. The molecule has 0 radical (unpaired) electrons. The number of hydrogen-bond acceptors (Lipinski definition) is 3. The van der Waals surface area contributed by atoms with E-state index >= 15 is 0 Å². The lowest BCUT2D eigenvalue weighted by atomic mass is 10.1. The van der Waals surface area contributed by atoms with Crippen LogP contribution in [0.5, 0.6) is 5.75 Å². The van der Waals surface area contributed by atoms with Gasteiger partial charge in [0.1, 0.15) is 5.75 Å². The molecule has 1 aliphatic rings. The maximum absolute atomic E-state index is 12.2. The Bertz CT molecular complexity index is 458. The van der Waals surface area contributed by atoms with E-state index in [1.165, 1.54) is 0 Å². The number of nitrogens with one attached hydrogen (secondary N) is 2. The largest absolute Gasteiger partial charge is 0.495 e. The Morgan fingerprint density at radius 1 is 1.50 bits per heavy atom. The molecular formula is C13H17ClN2O2. The summed E-state index contributed by atoms with van der Waals surface area (Å²) in [7, 11) is 3.42. The lowest BCUT2D eigenvalue weighted by Crippen LogP contribution is -2.32. The van der Waals surface area contributed by atoms with E-state index in [2.05, 4.69) is 10.6 Å². The summed E-state index contributed by atoms with van der Waals surface area (Å²) in [4.78, 5) is 12.2. The van der Waals surface area contributed by atoms with Crippen molar-refractivity contribution >= 4 is 23.2 Å². The van der Waals surface area contributed by atoms with E-state index in [9.17, 15) is 4.79 Å². The van der Waals surface area contributed by atoms with Crippen LogP contribution in [0.2, 0.25) is 5.02 Å². The second kappa shape index (κ2) is 5.16. The van der Waals surface area contributed by atoms with E-state index in [4.69, 9.17) is 16.3 Å². The highest BCUT2D eigenvalue weighted by Crippen LogP contribution is 2.46. The summed E-state index contributed by atoms with van der Waals surface area (Å²) in [6, 6.07) is 5.18. The monoisotopic (exact) mass is 268 g/mol. The minimum atomic E-state index is -0.262. The van der Waals surface area contributed by atoms with Gasteiger partial charge in [-0.15, -0.1) is 0 Å². The summed E-state index contributed by atoms with van der Waals surface area (Å²) < 4.78 is 5.21. The fraction of sp³-hybridized carbons (Fsp3) is 0.462. The third-order valence-electron chi connectivity index (χ3n) is 3.26. The number of carbonyl (C=O) groups excluding carboxylic acids is 1. The third kappa shape index (κ3) is 2.60. The van der Waals surface area contributed by atoms with Gasteiger partial charge in [0.2, 0.25) is 5.91 Å². The number of carbonyl (C=O) groups is 1. The first-order valence-electron chi connectivity index (χ1n) is 5.91. The van der Waals surface area contributed by atoms with E-state index in [1.54, 1.807) is 25.3 Å². The first-order chi connectivity index (χ1) is 8.61. The number of benzene rings is 1. The average Bonchev–Trinajstić information content (AvgIpc) is 3.11. The van der Waals surface area contributed by atoms with Crippen molar-refractivity contribution in [1.82, 2.24) is 5.32 Å². The fourth-order valence-electron chi connectivity index (χ4n) is 2.01. The van der Waals surface area contributed by atoms with E-state index in [0.29, 0.717) is 23.0 Å². The summed E-state index contributed by atoms with van der Waals surface area (Å²) in [5.41, 5.74) is 0.361. The molecule has 4 nitrogen and oxygen atoms in total. The Kier molecular flexibility index (Phi) is 3.78. The minimum Gasteiger partial charge on any atom is -0.495 e. The first kappa shape index (κ1) is 13.2. The number of rotatable bonds is 5. The van der Waals surface area contributed by atoms with Crippen molar-refractivity contribution in [3.8, 4) is 5.75 Å². The molecule has 1 amide bonds. The number of halogens is 1. The van der Waals surface area contributed by atoms with Crippen molar-refractivity contribution in [3.05, 3.63) is 23.2 Å². The van der Waals surface area contributed by atoms with Crippen LogP contribution < -0.4 is 15.4 Å². The van der Waals surface area contributed by atoms with Crippen molar-refractivity contribution < 1.29 is 9.53 Å². The smallest absolute Gasteiger partial charge is 0.231 e. The average molecular weight is 269 g/mol. The highest BCUT2D eigenvalue weighted by atomic mass is 35.5. The van der Waals surface area contributed by atoms with Crippen molar-refractivity contribution in [2.24, 2.45) is 5.41 Å². The van der Waals surface area contributed by atoms with Gasteiger partial charge in [-0.2, -0.15) is 0 Å². The van der Waals surface area contributed by atoms with Gasteiger partial charge in [0.15, 0.2) is 0 Å². The van der Waals surface area contributed by atoms with Gasteiger partial charge in [0.25, 0.3) is 0 Å². The molecule has 2 rings (SSSR count). The lowest BCUT2D eigenvalue weighted by Gasteiger charge is -2.16. The van der Waals surface area contributed by atoms with Gasteiger partial charge < -0.3 is 15.4 Å². The van der Waals surface area contributed by atoms with Crippen molar-refractivity contribution in [2.75, 3.05) is 26.0 Å². The van der Waals surface area contributed by atoms with Crippen LogP contribution >= 0.6 is 11.6 Å². The molecule has 0 bridgehead atoms. The summed E-state index contributed by atoms with van der Waals surface area (Å²) in [6.07, 6.45) is 1.84. The Labute approximate surface area is 112 Å². The number of amides is 1. The van der Waals surface area contributed by atoms with Crippen LogP contribution in [-0.4, -0.2) is 26.6 Å². The maximum atomic E-state index is 12.2. The van der Waals surface area contributed by atoms with Gasteiger partial charge in [-0.1, -0.05) is 11.6 Å². The van der Waals surface area contributed by atoms with Crippen LogP contribution in [0.3, 0.4) is 0 Å². The fourth-order valence-corrected chi connectivity index (χ4v) is 2.18. The molecule has 0 aromatic heterocycles. The molecule has 5 heteroatoms. The second-order valence-corrected chi connectivity index (χ2v) is 5.05. The van der Waals surface area contributed by atoms with Crippen molar-refractivity contribution in [2.45, 2.75) is 12.8 Å². The molecule has 1 aromatic carbocycles. The van der Waals surface area contributed by atoms with E-state index in [0.717, 1.165) is 12.8 Å². The number of methoxy groups -OCH3 is 1.